The molecule has 0 aliphatic carbocycles. The minimum Gasteiger partial charge on any atom is -0.322 e. The van der Waals surface area contributed by atoms with Gasteiger partial charge in [0.25, 0.3) is 5.91 Å². The topological polar surface area (TPSA) is 29.1 Å². The lowest BCUT2D eigenvalue weighted by molar-refractivity contribution is 0.102. The molecule has 104 valence electrons. The van der Waals surface area contributed by atoms with Crippen LogP contribution in [0, 0.1) is 0 Å². The van der Waals surface area contributed by atoms with Gasteiger partial charge >= 0.3 is 0 Å². The van der Waals surface area contributed by atoms with Crippen LogP contribution in [0.3, 0.4) is 0 Å². The van der Waals surface area contributed by atoms with Crippen LogP contribution >= 0.6 is 31.9 Å². The van der Waals surface area contributed by atoms with E-state index in [9.17, 15) is 4.79 Å². The Balaban J connectivity index is 2.21. The molecule has 0 fully saturated rings. The summed E-state index contributed by atoms with van der Waals surface area (Å²) in [4.78, 5) is 12.2. The van der Waals surface area contributed by atoms with E-state index >= 15 is 0 Å². The third-order valence-corrected chi connectivity index (χ3v) is 3.85. The van der Waals surface area contributed by atoms with Crippen LogP contribution in [0.15, 0.2) is 51.4 Å². The average molecular weight is 397 g/mol. The first-order valence-electron chi connectivity index (χ1n) is 6.33. The number of benzene rings is 2. The van der Waals surface area contributed by atoms with Gasteiger partial charge in [0.2, 0.25) is 0 Å². The highest BCUT2D eigenvalue weighted by Crippen LogP contribution is 2.22. The Kier molecular flexibility index (Phi) is 5.00. The van der Waals surface area contributed by atoms with E-state index in [0.717, 1.165) is 14.6 Å². The molecular weight excluding hydrogens is 382 g/mol. The van der Waals surface area contributed by atoms with Gasteiger partial charge in [-0.05, 0) is 41.8 Å². The van der Waals surface area contributed by atoms with Crippen molar-refractivity contribution in [2.75, 3.05) is 5.32 Å². The van der Waals surface area contributed by atoms with Crippen molar-refractivity contribution < 1.29 is 4.79 Å². The SMILES string of the molecule is CC(C)c1cccc(NC(=O)c2cc(Br)cc(Br)c2)c1. The first-order valence-corrected chi connectivity index (χ1v) is 7.91. The number of nitrogens with one attached hydrogen (secondary N) is 1. The van der Waals surface area contributed by atoms with Crippen molar-refractivity contribution in [1.82, 2.24) is 0 Å². The van der Waals surface area contributed by atoms with Crippen LogP contribution in [0.25, 0.3) is 0 Å². The monoisotopic (exact) mass is 395 g/mol. The van der Waals surface area contributed by atoms with E-state index < -0.39 is 0 Å². The van der Waals surface area contributed by atoms with Gasteiger partial charge in [-0.1, -0.05) is 57.8 Å². The van der Waals surface area contributed by atoms with Crippen LogP contribution in [-0.4, -0.2) is 5.91 Å². The third-order valence-electron chi connectivity index (χ3n) is 2.94. The second-order valence-electron chi connectivity index (χ2n) is 4.89. The Morgan fingerprint density at radius 2 is 1.70 bits per heavy atom. The Morgan fingerprint density at radius 3 is 2.30 bits per heavy atom. The summed E-state index contributed by atoms with van der Waals surface area (Å²) < 4.78 is 1.74. The number of amides is 1. The number of hydrogen-bond acceptors (Lipinski definition) is 1. The molecule has 0 aliphatic heterocycles. The maximum atomic E-state index is 12.2. The Morgan fingerprint density at radius 1 is 1.05 bits per heavy atom. The van der Waals surface area contributed by atoms with E-state index in [4.69, 9.17) is 0 Å². The molecule has 1 amide bonds. The van der Waals surface area contributed by atoms with Crippen molar-refractivity contribution in [3.05, 3.63) is 62.5 Å². The number of carbonyl (C=O) groups excluding carboxylic acids is 1. The summed E-state index contributed by atoms with van der Waals surface area (Å²) in [6.45, 7) is 4.26. The zero-order valence-electron chi connectivity index (χ0n) is 11.3. The fraction of sp³-hybridized carbons (Fsp3) is 0.188. The molecule has 0 saturated heterocycles. The molecule has 0 atom stereocenters. The molecule has 0 heterocycles. The van der Waals surface area contributed by atoms with Gasteiger partial charge < -0.3 is 5.32 Å². The normalized spacial score (nSPS) is 10.7. The molecule has 0 unspecified atom stereocenters. The number of anilines is 1. The van der Waals surface area contributed by atoms with Crippen LogP contribution in [0.1, 0.15) is 35.7 Å². The number of rotatable bonds is 3. The largest absolute Gasteiger partial charge is 0.322 e. The van der Waals surface area contributed by atoms with Gasteiger partial charge in [0, 0.05) is 20.2 Å². The first kappa shape index (κ1) is 15.3. The van der Waals surface area contributed by atoms with Crippen LogP contribution in [0.5, 0.6) is 0 Å². The zero-order chi connectivity index (χ0) is 14.7. The summed E-state index contributed by atoms with van der Waals surface area (Å²) in [5.41, 5.74) is 2.64. The van der Waals surface area contributed by atoms with Gasteiger partial charge in [-0.25, -0.2) is 0 Å². The van der Waals surface area contributed by atoms with Crippen molar-refractivity contribution in [1.29, 1.82) is 0 Å². The summed E-state index contributed by atoms with van der Waals surface area (Å²) in [6, 6.07) is 13.4. The summed E-state index contributed by atoms with van der Waals surface area (Å²) in [6.07, 6.45) is 0. The molecule has 2 aromatic carbocycles. The molecule has 2 aromatic rings. The lowest BCUT2D eigenvalue weighted by Gasteiger charge is -2.10. The lowest BCUT2D eigenvalue weighted by atomic mass is 10.0. The number of carbonyl (C=O) groups is 1. The summed E-state index contributed by atoms with van der Waals surface area (Å²) in [5, 5.41) is 2.93. The Bertz CT molecular complexity index is 618. The summed E-state index contributed by atoms with van der Waals surface area (Å²) in [7, 11) is 0. The predicted molar refractivity (Wildman–Crippen MR) is 90.3 cm³/mol. The smallest absolute Gasteiger partial charge is 0.255 e. The van der Waals surface area contributed by atoms with E-state index in [0.29, 0.717) is 11.5 Å². The predicted octanol–water partition coefficient (Wildman–Crippen LogP) is 5.59. The molecule has 4 heteroatoms. The molecule has 0 radical (unpaired) electrons. The van der Waals surface area contributed by atoms with E-state index in [1.54, 1.807) is 12.1 Å². The highest BCUT2D eigenvalue weighted by Gasteiger charge is 2.09. The van der Waals surface area contributed by atoms with Crippen LogP contribution in [0.4, 0.5) is 5.69 Å². The van der Waals surface area contributed by atoms with Crippen molar-refractivity contribution >= 4 is 43.5 Å². The zero-order valence-corrected chi connectivity index (χ0v) is 14.5. The van der Waals surface area contributed by atoms with Gasteiger partial charge in [0.1, 0.15) is 0 Å². The van der Waals surface area contributed by atoms with Crippen molar-refractivity contribution in [2.45, 2.75) is 19.8 Å². The van der Waals surface area contributed by atoms with Crippen LogP contribution in [0.2, 0.25) is 0 Å². The fourth-order valence-corrected chi connectivity index (χ4v) is 3.16. The molecule has 20 heavy (non-hydrogen) atoms. The molecule has 0 aromatic heterocycles. The van der Waals surface area contributed by atoms with E-state index in [2.05, 4.69) is 57.1 Å². The molecule has 1 N–H and O–H groups in total. The second kappa shape index (κ2) is 6.55. The van der Waals surface area contributed by atoms with Gasteiger partial charge in [0.05, 0.1) is 0 Å². The van der Waals surface area contributed by atoms with E-state index in [1.807, 2.05) is 24.3 Å². The van der Waals surface area contributed by atoms with Gasteiger partial charge in [-0.2, -0.15) is 0 Å². The van der Waals surface area contributed by atoms with Crippen molar-refractivity contribution in [3.8, 4) is 0 Å². The van der Waals surface area contributed by atoms with Crippen LogP contribution < -0.4 is 5.32 Å². The molecule has 2 nitrogen and oxygen atoms in total. The molecular formula is C16H15Br2NO. The maximum Gasteiger partial charge on any atom is 0.255 e. The van der Waals surface area contributed by atoms with Gasteiger partial charge in [-0.3, -0.25) is 4.79 Å². The standard InChI is InChI=1S/C16H15Br2NO/c1-10(2)11-4-3-5-15(8-11)19-16(20)12-6-13(17)9-14(18)7-12/h3-10H,1-2H3,(H,19,20). The molecule has 0 aliphatic rings. The molecule has 0 saturated carbocycles. The third kappa shape index (κ3) is 3.93. The number of halogens is 2. The number of hydrogen-bond donors (Lipinski definition) is 1. The first-order chi connectivity index (χ1) is 9.45. The average Bonchev–Trinajstić information content (AvgIpc) is 2.37. The Hall–Kier alpha value is -1.13. The maximum absolute atomic E-state index is 12.2. The highest BCUT2D eigenvalue weighted by molar-refractivity contribution is 9.11. The quantitative estimate of drug-likeness (QED) is 0.719. The van der Waals surface area contributed by atoms with Crippen molar-refractivity contribution in [3.63, 3.8) is 0 Å². The van der Waals surface area contributed by atoms with E-state index in [-0.39, 0.29) is 5.91 Å². The van der Waals surface area contributed by atoms with E-state index in [1.165, 1.54) is 5.56 Å². The minimum absolute atomic E-state index is 0.118. The van der Waals surface area contributed by atoms with Gasteiger partial charge in [0.15, 0.2) is 0 Å². The van der Waals surface area contributed by atoms with Gasteiger partial charge in [-0.15, -0.1) is 0 Å². The second-order valence-corrected chi connectivity index (χ2v) is 6.72. The lowest BCUT2D eigenvalue weighted by Crippen LogP contribution is -2.12. The Labute approximate surface area is 135 Å². The molecule has 0 spiro atoms. The summed E-state index contributed by atoms with van der Waals surface area (Å²) in [5.74, 6) is 0.319. The fourth-order valence-electron chi connectivity index (χ4n) is 1.86. The molecule has 0 bridgehead atoms. The van der Waals surface area contributed by atoms with Crippen LogP contribution in [-0.2, 0) is 0 Å². The molecule has 2 rings (SSSR count). The van der Waals surface area contributed by atoms with Crippen molar-refractivity contribution in [2.24, 2.45) is 0 Å². The summed E-state index contributed by atoms with van der Waals surface area (Å²) >= 11 is 6.77. The highest BCUT2D eigenvalue weighted by atomic mass is 79.9. The minimum atomic E-state index is -0.118.